The van der Waals surface area contributed by atoms with Crippen LogP contribution in [0.1, 0.15) is 37.6 Å². The first kappa shape index (κ1) is 11.8. The van der Waals surface area contributed by atoms with Crippen molar-refractivity contribution in [3.63, 3.8) is 0 Å². The van der Waals surface area contributed by atoms with Crippen molar-refractivity contribution >= 4 is 0 Å². The standard InChI is InChI=1S/C13H18N4/c1-3-9(2)10-4-6-11(7-5-10)13-15-12(8-14)16-17-13/h4-7,9H,3,8,14H2,1-2H3,(H,15,16,17). The maximum absolute atomic E-state index is 5.49. The van der Waals surface area contributed by atoms with E-state index in [0.717, 1.165) is 12.0 Å². The molecule has 0 saturated carbocycles. The van der Waals surface area contributed by atoms with Gasteiger partial charge in [0.15, 0.2) is 5.82 Å². The summed E-state index contributed by atoms with van der Waals surface area (Å²) in [5, 5.41) is 6.95. The number of nitrogens with two attached hydrogens (primary N) is 1. The summed E-state index contributed by atoms with van der Waals surface area (Å²) >= 11 is 0. The van der Waals surface area contributed by atoms with Crippen molar-refractivity contribution in [1.29, 1.82) is 0 Å². The summed E-state index contributed by atoms with van der Waals surface area (Å²) in [6.07, 6.45) is 1.15. The quantitative estimate of drug-likeness (QED) is 0.847. The van der Waals surface area contributed by atoms with Crippen molar-refractivity contribution in [3.05, 3.63) is 35.7 Å². The molecule has 1 unspecified atom stereocenters. The van der Waals surface area contributed by atoms with E-state index < -0.39 is 0 Å². The van der Waals surface area contributed by atoms with E-state index in [9.17, 15) is 0 Å². The number of H-pyrrole nitrogens is 1. The third kappa shape index (κ3) is 2.53. The number of hydrogen-bond donors (Lipinski definition) is 2. The van der Waals surface area contributed by atoms with Crippen molar-refractivity contribution in [2.24, 2.45) is 5.73 Å². The minimum atomic E-state index is 0.387. The molecule has 1 aromatic heterocycles. The lowest BCUT2D eigenvalue weighted by Crippen LogP contribution is -1.97. The predicted octanol–water partition coefficient (Wildman–Crippen LogP) is 2.44. The van der Waals surface area contributed by atoms with E-state index in [1.54, 1.807) is 0 Å². The summed E-state index contributed by atoms with van der Waals surface area (Å²) in [6, 6.07) is 8.40. The zero-order chi connectivity index (χ0) is 12.3. The monoisotopic (exact) mass is 230 g/mol. The van der Waals surface area contributed by atoms with Crippen molar-refractivity contribution < 1.29 is 0 Å². The van der Waals surface area contributed by atoms with Gasteiger partial charge in [-0.2, -0.15) is 5.10 Å². The Bertz CT molecular complexity index is 472. The Morgan fingerprint density at radius 2 is 2.00 bits per heavy atom. The topological polar surface area (TPSA) is 67.6 Å². The second-order valence-electron chi connectivity index (χ2n) is 4.24. The van der Waals surface area contributed by atoms with Gasteiger partial charge in [-0.1, -0.05) is 38.1 Å². The van der Waals surface area contributed by atoms with Gasteiger partial charge in [-0.25, -0.2) is 4.98 Å². The van der Waals surface area contributed by atoms with Gasteiger partial charge in [-0.3, -0.25) is 5.10 Å². The Hall–Kier alpha value is -1.68. The number of hydrogen-bond acceptors (Lipinski definition) is 3. The number of nitrogens with one attached hydrogen (secondary N) is 1. The van der Waals surface area contributed by atoms with Crippen molar-refractivity contribution in [1.82, 2.24) is 15.2 Å². The van der Waals surface area contributed by atoms with Gasteiger partial charge in [0.1, 0.15) is 5.82 Å². The van der Waals surface area contributed by atoms with E-state index in [1.807, 2.05) is 0 Å². The van der Waals surface area contributed by atoms with E-state index in [-0.39, 0.29) is 0 Å². The Morgan fingerprint density at radius 3 is 2.53 bits per heavy atom. The normalized spacial score (nSPS) is 12.6. The Kier molecular flexibility index (Phi) is 3.54. The molecule has 0 fully saturated rings. The predicted molar refractivity (Wildman–Crippen MR) is 68.4 cm³/mol. The molecule has 17 heavy (non-hydrogen) atoms. The summed E-state index contributed by atoms with van der Waals surface area (Å²) in [5.74, 6) is 2.02. The summed E-state index contributed by atoms with van der Waals surface area (Å²) in [4.78, 5) is 4.30. The van der Waals surface area contributed by atoms with E-state index >= 15 is 0 Å². The maximum atomic E-state index is 5.49. The summed E-state index contributed by atoms with van der Waals surface area (Å²) in [7, 11) is 0. The van der Waals surface area contributed by atoms with Gasteiger partial charge in [-0.05, 0) is 17.9 Å². The molecule has 0 radical (unpaired) electrons. The molecule has 4 nitrogen and oxygen atoms in total. The highest BCUT2D eigenvalue weighted by atomic mass is 15.2. The molecule has 0 saturated heterocycles. The fraction of sp³-hybridized carbons (Fsp3) is 0.385. The third-order valence-corrected chi connectivity index (χ3v) is 3.08. The minimum Gasteiger partial charge on any atom is -0.324 e. The molecule has 2 rings (SSSR count). The Labute approximate surface area is 101 Å². The highest BCUT2D eigenvalue weighted by Gasteiger charge is 2.06. The highest BCUT2D eigenvalue weighted by molar-refractivity contribution is 5.55. The molecule has 0 spiro atoms. The van der Waals surface area contributed by atoms with Crippen molar-refractivity contribution in [2.45, 2.75) is 32.7 Å². The third-order valence-electron chi connectivity index (χ3n) is 3.08. The SMILES string of the molecule is CCC(C)c1ccc(-c2n[nH]c(CN)n2)cc1. The molecule has 4 heteroatoms. The van der Waals surface area contributed by atoms with Gasteiger partial charge < -0.3 is 5.73 Å². The lowest BCUT2D eigenvalue weighted by molar-refractivity contribution is 0.734. The van der Waals surface area contributed by atoms with Crippen LogP contribution in [0, 0.1) is 0 Å². The summed E-state index contributed by atoms with van der Waals surface area (Å²) in [6.45, 7) is 4.81. The molecule has 0 aliphatic heterocycles. The molecule has 1 aromatic carbocycles. The second kappa shape index (κ2) is 5.10. The van der Waals surface area contributed by atoms with Crippen LogP contribution in [0.2, 0.25) is 0 Å². The zero-order valence-electron chi connectivity index (χ0n) is 10.3. The largest absolute Gasteiger partial charge is 0.324 e. The van der Waals surface area contributed by atoms with Gasteiger partial charge in [0.25, 0.3) is 0 Å². The van der Waals surface area contributed by atoms with Gasteiger partial charge in [0.2, 0.25) is 0 Å². The molecule has 1 atom stereocenters. The molecule has 0 aliphatic carbocycles. The fourth-order valence-electron chi connectivity index (χ4n) is 1.71. The van der Waals surface area contributed by atoms with Crippen LogP contribution >= 0.6 is 0 Å². The van der Waals surface area contributed by atoms with E-state index in [1.165, 1.54) is 5.56 Å². The molecule has 2 aromatic rings. The smallest absolute Gasteiger partial charge is 0.181 e. The second-order valence-corrected chi connectivity index (χ2v) is 4.24. The first-order valence-electron chi connectivity index (χ1n) is 5.96. The fourth-order valence-corrected chi connectivity index (χ4v) is 1.71. The van der Waals surface area contributed by atoms with E-state index in [4.69, 9.17) is 5.73 Å². The van der Waals surface area contributed by atoms with Gasteiger partial charge in [0.05, 0.1) is 6.54 Å². The Balaban J connectivity index is 2.22. The zero-order valence-corrected chi connectivity index (χ0v) is 10.3. The van der Waals surface area contributed by atoms with E-state index in [0.29, 0.717) is 24.1 Å². The number of rotatable bonds is 4. The van der Waals surface area contributed by atoms with Gasteiger partial charge in [0, 0.05) is 5.56 Å². The lowest BCUT2D eigenvalue weighted by Gasteiger charge is -2.08. The molecular weight excluding hydrogens is 212 g/mol. The summed E-state index contributed by atoms with van der Waals surface area (Å²) < 4.78 is 0. The first-order chi connectivity index (χ1) is 8.24. The van der Waals surface area contributed by atoms with Crippen molar-refractivity contribution in [3.8, 4) is 11.4 Å². The van der Waals surface area contributed by atoms with Gasteiger partial charge >= 0.3 is 0 Å². The van der Waals surface area contributed by atoms with Crippen LogP contribution in [0.15, 0.2) is 24.3 Å². The van der Waals surface area contributed by atoms with Crippen LogP contribution in [0.3, 0.4) is 0 Å². The number of nitrogens with zero attached hydrogens (tertiary/aromatic N) is 2. The molecule has 3 N–H and O–H groups in total. The molecular formula is C13H18N4. The van der Waals surface area contributed by atoms with E-state index in [2.05, 4.69) is 53.3 Å². The van der Waals surface area contributed by atoms with Crippen molar-refractivity contribution in [2.75, 3.05) is 0 Å². The summed E-state index contributed by atoms with van der Waals surface area (Å²) in [5.41, 5.74) is 7.86. The minimum absolute atomic E-state index is 0.387. The average molecular weight is 230 g/mol. The molecule has 0 bridgehead atoms. The van der Waals surface area contributed by atoms with Crippen LogP contribution in [-0.4, -0.2) is 15.2 Å². The lowest BCUT2D eigenvalue weighted by atomic mass is 9.97. The molecule has 0 amide bonds. The molecule has 90 valence electrons. The van der Waals surface area contributed by atoms with Crippen LogP contribution in [0.4, 0.5) is 0 Å². The number of aromatic amines is 1. The molecule has 0 aliphatic rings. The molecule has 1 heterocycles. The Morgan fingerprint density at radius 1 is 1.29 bits per heavy atom. The van der Waals surface area contributed by atoms with Crippen LogP contribution < -0.4 is 5.73 Å². The van der Waals surface area contributed by atoms with Gasteiger partial charge in [-0.15, -0.1) is 0 Å². The number of benzene rings is 1. The van der Waals surface area contributed by atoms with Crippen LogP contribution in [-0.2, 0) is 6.54 Å². The first-order valence-corrected chi connectivity index (χ1v) is 5.96. The number of aromatic nitrogens is 3. The highest BCUT2D eigenvalue weighted by Crippen LogP contribution is 2.22. The van der Waals surface area contributed by atoms with Crippen LogP contribution in [0.5, 0.6) is 0 Å². The van der Waals surface area contributed by atoms with Crippen LogP contribution in [0.25, 0.3) is 11.4 Å². The average Bonchev–Trinajstić information content (AvgIpc) is 2.87. The maximum Gasteiger partial charge on any atom is 0.181 e.